The Labute approximate surface area is 131 Å². The third kappa shape index (κ3) is 3.40. The van der Waals surface area contributed by atoms with Crippen molar-refractivity contribution in [1.82, 2.24) is 9.62 Å². The molecule has 0 amide bonds. The highest BCUT2D eigenvalue weighted by molar-refractivity contribution is 7.89. The molecular formula is C14H21ClN2O3S. The summed E-state index contributed by atoms with van der Waals surface area (Å²) in [6.45, 7) is 3.09. The van der Waals surface area contributed by atoms with Gasteiger partial charge in [0.1, 0.15) is 0 Å². The first kappa shape index (κ1) is 16.7. The Morgan fingerprint density at radius 1 is 1.48 bits per heavy atom. The molecule has 118 valence electrons. The lowest BCUT2D eigenvalue weighted by Gasteiger charge is -2.26. The van der Waals surface area contributed by atoms with Crippen molar-refractivity contribution in [3.63, 3.8) is 0 Å². The Morgan fingerprint density at radius 3 is 2.71 bits per heavy atom. The summed E-state index contributed by atoms with van der Waals surface area (Å²) in [6, 6.07) is 4.73. The number of likely N-dealkylation sites (N-methyl/N-ethyl adjacent to an activating group) is 1. The van der Waals surface area contributed by atoms with Crippen LogP contribution in [0.25, 0.3) is 0 Å². The molecule has 5 nitrogen and oxygen atoms in total. The lowest BCUT2D eigenvalue weighted by molar-refractivity contribution is 0.102. The predicted octanol–water partition coefficient (Wildman–Crippen LogP) is 1.86. The summed E-state index contributed by atoms with van der Waals surface area (Å²) >= 11 is 6.16. The number of sulfonamides is 1. The lowest BCUT2D eigenvalue weighted by Crippen LogP contribution is -2.40. The predicted molar refractivity (Wildman–Crippen MR) is 83.0 cm³/mol. The zero-order valence-corrected chi connectivity index (χ0v) is 14.0. The van der Waals surface area contributed by atoms with E-state index in [0.717, 1.165) is 5.56 Å². The maximum Gasteiger partial charge on any atom is 0.243 e. The van der Waals surface area contributed by atoms with Crippen LogP contribution in [0.3, 0.4) is 0 Å². The van der Waals surface area contributed by atoms with Crippen LogP contribution in [0, 0.1) is 0 Å². The van der Waals surface area contributed by atoms with Crippen molar-refractivity contribution in [3.8, 4) is 0 Å². The first-order chi connectivity index (χ1) is 9.87. The van der Waals surface area contributed by atoms with Gasteiger partial charge in [0, 0.05) is 25.2 Å². The van der Waals surface area contributed by atoms with Gasteiger partial charge in [-0.25, -0.2) is 8.42 Å². The average Bonchev–Trinajstić information content (AvgIpc) is 2.86. The maximum atomic E-state index is 12.7. The number of nitrogens with zero attached hydrogens (tertiary/aromatic N) is 1. The topological polar surface area (TPSA) is 58.6 Å². The van der Waals surface area contributed by atoms with Crippen LogP contribution in [0.2, 0.25) is 5.02 Å². The van der Waals surface area contributed by atoms with E-state index in [9.17, 15) is 8.42 Å². The summed E-state index contributed by atoms with van der Waals surface area (Å²) in [6.07, 6.45) is 0.617. The van der Waals surface area contributed by atoms with Crippen molar-refractivity contribution in [2.75, 3.05) is 20.7 Å². The van der Waals surface area contributed by atoms with E-state index in [1.807, 2.05) is 14.0 Å². The molecule has 0 aromatic heterocycles. The van der Waals surface area contributed by atoms with Crippen LogP contribution in [0.1, 0.15) is 18.9 Å². The van der Waals surface area contributed by atoms with Crippen molar-refractivity contribution in [2.24, 2.45) is 0 Å². The van der Waals surface area contributed by atoms with E-state index in [2.05, 4.69) is 5.32 Å². The van der Waals surface area contributed by atoms with Gasteiger partial charge >= 0.3 is 0 Å². The minimum absolute atomic E-state index is 0.0937. The second-order valence-corrected chi connectivity index (χ2v) is 7.64. The molecule has 1 aliphatic rings. The zero-order chi connectivity index (χ0) is 15.6. The van der Waals surface area contributed by atoms with Gasteiger partial charge < -0.3 is 10.1 Å². The van der Waals surface area contributed by atoms with E-state index in [1.54, 1.807) is 19.2 Å². The van der Waals surface area contributed by atoms with E-state index in [0.29, 0.717) is 24.6 Å². The quantitative estimate of drug-likeness (QED) is 0.894. The van der Waals surface area contributed by atoms with Gasteiger partial charge in [0.2, 0.25) is 10.0 Å². The zero-order valence-electron chi connectivity index (χ0n) is 12.5. The Kier molecular flexibility index (Phi) is 5.27. The fourth-order valence-corrected chi connectivity index (χ4v) is 4.35. The second kappa shape index (κ2) is 6.62. The molecule has 0 radical (unpaired) electrons. The number of nitrogens with one attached hydrogen (secondary N) is 1. The molecule has 2 atom stereocenters. The minimum Gasteiger partial charge on any atom is -0.377 e. The summed E-state index contributed by atoms with van der Waals surface area (Å²) in [5.74, 6) is 0. The summed E-state index contributed by atoms with van der Waals surface area (Å²) < 4.78 is 32.2. The van der Waals surface area contributed by atoms with Crippen molar-refractivity contribution in [2.45, 2.75) is 36.9 Å². The highest BCUT2D eigenvalue weighted by atomic mass is 35.5. The first-order valence-electron chi connectivity index (χ1n) is 6.90. The molecule has 7 heteroatoms. The number of hydrogen-bond acceptors (Lipinski definition) is 4. The van der Waals surface area contributed by atoms with Gasteiger partial charge in [-0.15, -0.1) is 0 Å². The Hall–Kier alpha value is -0.660. The number of halogens is 1. The van der Waals surface area contributed by atoms with Crippen LogP contribution in [0.5, 0.6) is 0 Å². The SMILES string of the molecule is CNCc1ccc(S(=O)(=O)N(C)C2CCOC2C)cc1Cl. The molecule has 2 rings (SSSR count). The van der Waals surface area contributed by atoms with Crippen LogP contribution in [-0.4, -0.2) is 45.6 Å². The molecule has 1 aliphatic heterocycles. The molecule has 1 aromatic carbocycles. The van der Waals surface area contributed by atoms with E-state index in [-0.39, 0.29) is 17.0 Å². The van der Waals surface area contributed by atoms with E-state index < -0.39 is 10.0 Å². The standard InChI is InChI=1S/C14H21ClN2O3S/c1-10-14(6-7-20-10)17(3)21(18,19)12-5-4-11(9-16-2)13(15)8-12/h4-5,8,10,14,16H,6-7,9H2,1-3H3. The van der Waals surface area contributed by atoms with Crippen molar-refractivity contribution in [3.05, 3.63) is 28.8 Å². The normalized spacial score (nSPS) is 22.9. The number of hydrogen-bond donors (Lipinski definition) is 1. The highest BCUT2D eigenvalue weighted by Gasteiger charge is 2.35. The Bertz CT molecular complexity index is 606. The van der Waals surface area contributed by atoms with Crippen LogP contribution < -0.4 is 5.32 Å². The van der Waals surface area contributed by atoms with Crippen LogP contribution in [0.15, 0.2) is 23.1 Å². The molecule has 21 heavy (non-hydrogen) atoms. The molecule has 0 spiro atoms. The summed E-state index contributed by atoms with van der Waals surface area (Å²) in [7, 11) is -0.148. The number of ether oxygens (including phenoxy) is 1. The van der Waals surface area contributed by atoms with Gasteiger partial charge in [-0.3, -0.25) is 0 Å². The molecule has 1 N–H and O–H groups in total. The van der Waals surface area contributed by atoms with Gasteiger partial charge in [-0.2, -0.15) is 4.31 Å². The first-order valence-corrected chi connectivity index (χ1v) is 8.72. The summed E-state index contributed by atoms with van der Waals surface area (Å²) in [5, 5.41) is 3.45. The third-order valence-corrected chi connectivity index (χ3v) is 6.10. The van der Waals surface area contributed by atoms with Gasteiger partial charge in [0.15, 0.2) is 0 Å². The van der Waals surface area contributed by atoms with Crippen molar-refractivity contribution >= 4 is 21.6 Å². The van der Waals surface area contributed by atoms with Gasteiger partial charge in [-0.1, -0.05) is 17.7 Å². The largest absolute Gasteiger partial charge is 0.377 e. The number of benzene rings is 1. The molecule has 1 heterocycles. The van der Waals surface area contributed by atoms with Crippen molar-refractivity contribution < 1.29 is 13.2 Å². The smallest absolute Gasteiger partial charge is 0.243 e. The molecule has 1 aromatic rings. The molecule has 0 aliphatic carbocycles. The third-order valence-electron chi connectivity index (χ3n) is 3.87. The maximum absolute atomic E-state index is 12.7. The van der Waals surface area contributed by atoms with E-state index >= 15 is 0 Å². The Balaban J connectivity index is 2.28. The van der Waals surface area contributed by atoms with E-state index in [1.165, 1.54) is 10.4 Å². The molecule has 2 unspecified atom stereocenters. The van der Waals surface area contributed by atoms with Crippen LogP contribution in [0.4, 0.5) is 0 Å². The van der Waals surface area contributed by atoms with Crippen LogP contribution in [-0.2, 0) is 21.3 Å². The average molecular weight is 333 g/mol. The summed E-state index contributed by atoms with van der Waals surface area (Å²) in [4.78, 5) is 0.217. The minimum atomic E-state index is -3.56. The molecule has 1 fully saturated rings. The lowest BCUT2D eigenvalue weighted by atomic mass is 10.2. The van der Waals surface area contributed by atoms with Gasteiger partial charge in [0.25, 0.3) is 0 Å². The molecular weight excluding hydrogens is 312 g/mol. The van der Waals surface area contributed by atoms with Crippen LogP contribution >= 0.6 is 11.6 Å². The second-order valence-electron chi connectivity index (χ2n) is 5.24. The molecule has 0 bridgehead atoms. The Morgan fingerprint density at radius 2 is 2.19 bits per heavy atom. The van der Waals surface area contributed by atoms with Gasteiger partial charge in [0.05, 0.1) is 17.0 Å². The highest BCUT2D eigenvalue weighted by Crippen LogP contribution is 2.27. The van der Waals surface area contributed by atoms with Gasteiger partial charge in [-0.05, 0) is 38.1 Å². The fraction of sp³-hybridized carbons (Fsp3) is 0.571. The number of rotatable bonds is 5. The van der Waals surface area contributed by atoms with Crippen molar-refractivity contribution in [1.29, 1.82) is 0 Å². The monoisotopic (exact) mass is 332 g/mol. The van der Waals surface area contributed by atoms with E-state index in [4.69, 9.17) is 16.3 Å². The fourth-order valence-electron chi connectivity index (χ4n) is 2.56. The molecule has 1 saturated heterocycles. The summed E-state index contributed by atoms with van der Waals surface area (Å²) in [5.41, 5.74) is 0.873. The molecule has 0 saturated carbocycles.